The molecule has 0 bridgehead atoms. The van der Waals surface area contributed by atoms with Crippen molar-refractivity contribution in [3.05, 3.63) is 45.8 Å². The van der Waals surface area contributed by atoms with Gasteiger partial charge in [-0.15, -0.1) is 11.3 Å². The first-order valence-electron chi connectivity index (χ1n) is 6.70. The van der Waals surface area contributed by atoms with Crippen LogP contribution in [0, 0.1) is 23.3 Å². The van der Waals surface area contributed by atoms with Crippen molar-refractivity contribution < 1.29 is 30.7 Å². The summed E-state index contributed by atoms with van der Waals surface area (Å²) in [6.45, 7) is 1.94. The van der Waals surface area contributed by atoms with Crippen LogP contribution in [0.5, 0.6) is 0 Å². The zero-order valence-electron chi connectivity index (χ0n) is 11.8. The molecule has 0 spiro atoms. The highest BCUT2D eigenvalue weighted by molar-refractivity contribution is 7.15. The summed E-state index contributed by atoms with van der Waals surface area (Å²) in [7, 11) is 0. The zero-order chi connectivity index (χ0) is 17.4. The Morgan fingerprint density at radius 2 is 1.48 bits per heavy atom. The number of hydrogen-bond donors (Lipinski definition) is 0. The average Bonchev–Trinajstić information content (AvgIpc) is 2.90. The zero-order valence-corrected chi connectivity index (χ0v) is 12.6. The van der Waals surface area contributed by atoms with Crippen molar-refractivity contribution in [2.45, 2.75) is 32.4 Å². The number of aryl methyl sites for hydroxylation is 1. The lowest BCUT2D eigenvalue weighted by Crippen LogP contribution is -2.15. The van der Waals surface area contributed by atoms with E-state index in [0.29, 0.717) is 6.42 Å². The summed E-state index contributed by atoms with van der Waals surface area (Å²) in [5.41, 5.74) is -3.67. The van der Waals surface area contributed by atoms with Crippen LogP contribution in [0.25, 0.3) is 10.4 Å². The molecule has 0 aliphatic rings. The Hall–Kier alpha value is -1.57. The van der Waals surface area contributed by atoms with E-state index in [1.54, 1.807) is 0 Å². The Bertz CT molecular complexity index is 686. The number of hydrogen-bond acceptors (Lipinski definition) is 1. The number of benzene rings is 1. The summed E-state index contributed by atoms with van der Waals surface area (Å²) in [6, 6.07) is 2.77. The number of thiophene rings is 1. The normalized spacial score (nSPS) is 12.0. The number of alkyl halides is 3. The molecular formula is C15H11F7S. The molecule has 0 atom stereocenters. The third kappa shape index (κ3) is 3.36. The van der Waals surface area contributed by atoms with Crippen molar-refractivity contribution in [3.63, 3.8) is 0 Å². The summed E-state index contributed by atoms with van der Waals surface area (Å²) in [4.78, 5) is 0.569. The molecule has 1 heterocycles. The molecule has 1 aromatic carbocycles. The minimum absolute atomic E-state index is 0.155. The molecule has 0 saturated heterocycles. The third-order valence-electron chi connectivity index (χ3n) is 3.23. The highest BCUT2D eigenvalue weighted by Gasteiger charge is 2.42. The van der Waals surface area contributed by atoms with Crippen LogP contribution in [0.4, 0.5) is 30.7 Å². The van der Waals surface area contributed by atoms with Gasteiger partial charge >= 0.3 is 6.18 Å². The van der Waals surface area contributed by atoms with Crippen LogP contribution >= 0.6 is 11.3 Å². The molecule has 0 N–H and O–H groups in total. The van der Waals surface area contributed by atoms with Gasteiger partial charge < -0.3 is 0 Å². The lowest BCUT2D eigenvalue weighted by molar-refractivity contribution is -0.143. The van der Waals surface area contributed by atoms with E-state index in [4.69, 9.17) is 0 Å². The topological polar surface area (TPSA) is 0 Å². The van der Waals surface area contributed by atoms with Crippen molar-refractivity contribution in [1.29, 1.82) is 0 Å². The lowest BCUT2D eigenvalue weighted by atomic mass is 10.1. The maximum absolute atomic E-state index is 13.9. The Morgan fingerprint density at radius 1 is 0.913 bits per heavy atom. The summed E-state index contributed by atoms with van der Waals surface area (Å²) in [6.07, 6.45) is -3.24. The Balaban J connectivity index is 2.59. The van der Waals surface area contributed by atoms with Gasteiger partial charge in [-0.05, 0) is 25.0 Å². The molecule has 23 heavy (non-hydrogen) atoms. The van der Waals surface area contributed by atoms with Crippen molar-refractivity contribution in [2.75, 3.05) is 0 Å². The number of rotatable bonds is 4. The minimum atomic E-state index is -5.53. The smallest absolute Gasteiger partial charge is 0.203 e. The quantitative estimate of drug-likeness (QED) is 0.443. The molecule has 0 unspecified atom stereocenters. The third-order valence-corrected chi connectivity index (χ3v) is 4.39. The molecule has 2 aromatic rings. The Kier molecular flexibility index (Phi) is 5.03. The van der Waals surface area contributed by atoms with Crippen LogP contribution < -0.4 is 0 Å². The van der Waals surface area contributed by atoms with Gasteiger partial charge in [0.25, 0.3) is 0 Å². The second kappa shape index (κ2) is 6.51. The fourth-order valence-corrected chi connectivity index (χ4v) is 3.18. The second-order valence-corrected chi connectivity index (χ2v) is 6.04. The van der Waals surface area contributed by atoms with Gasteiger partial charge in [-0.1, -0.05) is 13.3 Å². The van der Waals surface area contributed by atoms with Crippen LogP contribution in [0.15, 0.2) is 12.1 Å². The van der Waals surface area contributed by atoms with Gasteiger partial charge in [-0.25, -0.2) is 17.6 Å². The summed E-state index contributed by atoms with van der Waals surface area (Å²) in [5.74, 6) is -8.95. The van der Waals surface area contributed by atoms with E-state index >= 15 is 0 Å². The summed E-state index contributed by atoms with van der Waals surface area (Å²) in [5, 5.41) is 0. The molecule has 0 aliphatic carbocycles. The van der Waals surface area contributed by atoms with Crippen LogP contribution in [0.1, 0.15) is 30.2 Å². The van der Waals surface area contributed by atoms with Gasteiger partial charge in [0, 0.05) is 9.75 Å². The van der Waals surface area contributed by atoms with Gasteiger partial charge in [0.15, 0.2) is 23.3 Å². The van der Waals surface area contributed by atoms with Crippen LogP contribution in [0.3, 0.4) is 0 Å². The Labute approximate surface area is 131 Å². The molecule has 0 fully saturated rings. The molecule has 0 radical (unpaired) electrons. The highest BCUT2D eigenvalue weighted by Crippen LogP contribution is 2.41. The van der Waals surface area contributed by atoms with Crippen molar-refractivity contribution >= 4 is 11.3 Å². The predicted molar refractivity (Wildman–Crippen MR) is 73.2 cm³/mol. The monoisotopic (exact) mass is 356 g/mol. The molecule has 126 valence electrons. The van der Waals surface area contributed by atoms with Gasteiger partial charge in [0.2, 0.25) is 0 Å². The van der Waals surface area contributed by atoms with Crippen LogP contribution in [0.2, 0.25) is 0 Å². The highest BCUT2D eigenvalue weighted by atomic mass is 32.1. The molecule has 0 saturated carbocycles. The van der Waals surface area contributed by atoms with Crippen molar-refractivity contribution in [3.8, 4) is 10.4 Å². The lowest BCUT2D eigenvalue weighted by Gasteiger charge is -2.13. The van der Waals surface area contributed by atoms with Crippen LogP contribution in [-0.4, -0.2) is 0 Å². The first-order chi connectivity index (χ1) is 10.7. The van der Waals surface area contributed by atoms with Gasteiger partial charge in [-0.3, -0.25) is 0 Å². The predicted octanol–water partition coefficient (Wildman–Crippen LogP) is 6.33. The largest absolute Gasteiger partial charge is 0.422 e. The summed E-state index contributed by atoms with van der Waals surface area (Å²) < 4.78 is 92.6. The van der Waals surface area contributed by atoms with E-state index in [0.717, 1.165) is 29.1 Å². The SMILES string of the molecule is CCCCc1ccc(-c2c(F)c(F)c(C(F)(F)F)c(F)c2F)s1. The minimum Gasteiger partial charge on any atom is -0.203 e. The van der Waals surface area contributed by atoms with E-state index in [1.165, 1.54) is 12.1 Å². The fraction of sp³-hybridized carbons (Fsp3) is 0.333. The molecule has 0 aliphatic heterocycles. The maximum atomic E-state index is 13.9. The van der Waals surface area contributed by atoms with Crippen LogP contribution in [-0.2, 0) is 12.6 Å². The number of halogens is 7. The first kappa shape index (κ1) is 17.8. The van der Waals surface area contributed by atoms with Gasteiger partial charge in [0.05, 0.1) is 5.56 Å². The van der Waals surface area contributed by atoms with Gasteiger partial charge in [0.1, 0.15) is 5.56 Å². The second-order valence-electron chi connectivity index (χ2n) is 4.87. The summed E-state index contributed by atoms with van der Waals surface area (Å²) >= 11 is 0.890. The maximum Gasteiger partial charge on any atom is 0.422 e. The molecule has 8 heteroatoms. The van der Waals surface area contributed by atoms with E-state index < -0.39 is 40.6 Å². The van der Waals surface area contributed by atoms with Crippen molar-refractivity contribution in [2.24, 2.45) is 0 Å². The molecule has 0 amide bonds. The average molecular weight is 356 g/mol. The molecule has 2 rings (SSSR count). The van der Waals surface area contributed by atoms with E-state index in [-0.39, 0.29) is 4.88 Å². The fourth-order valence-electron chi connectivity index (χ4n) is 2.09. The molecule has 1 aromatic heterocycles. The molecular weight excluding hydrogens is 345 g/mol. The van der Waals surface area contributed by atoms with Gasteiger partial charge in [-0.2, -0.15) is 13.2 Å². The Morgan fingerprint density at radius 3 is 1.96 bits per heavy atom. The van der Waals surface area contributed by atoms with E-state index in [1.807, 2.05) is 6.92 Å². The van der Waals surface area contributed by atoms with E-state index in [2.05, 4.69) is 0 Å². The molecule has 0 nitrogen and oxygen atoms in total. The standard InChI is InChI=1S/C15H11F7S/c1-2-3-4-7-5-6-8(23-7)9-11(16)13(18)10(15(20,21)22)14(19)12(9)17/h5-6H,2-4H2,1H3. The number of unbranched alkanes of at least 4 members (excludes halogenated alkanes) is 1. The van der Waals surface area contributed by atoms with E-state index in [9.17, 15) is 30.7 Å². The first-order valence-corrected chi connectivity index (χ1v) is 7.52. The van der Waals surface area contributed by atoms with Crippen molar-refractivity contribution in [1.82, 2.24) is 0 Å².